The van der Waals surface area contributed by atoms with E-state index in [1.807, 2.05) is 33.8 Å². The summed E-state index contributed by atoms with van der Waals surface area (Å²) in [6.45, 7) is 93.0. The van der Waals surface area contributed by atoms with Crippen molar-refractivity contribution in [3.63, 3.8) is 0 Å². The van der Waals surface area contributed by atoms with Gasteiger partial charge in [0.1, 0.15) is 0 Å². The number of benzene rings is 3. The van der Waals surface area contributed by atoms with Crippen molar-refractivity contribution in [1.82, 2.24) is 0 Å². The average molecular weight is 1300 g/mol. The topological polar surface area (TPSA) is 0 Å². The molecule has 0 fully saturated rings. The molecule has 0 bridgehead atoms. The highest BCUT2D eigenvalue weighted by Gasteiger charge is 2.39. The molecule has 0 amide bonds. The normalized spacial score (nSPS) is 13.7. The minimum Gasteiger partial charge on any atom is -0.120 e. The molecule has 0 N–H and O–H groups in total. The highest BCUT2D eigenvalue weighted by molar-refractivity contribution is 6.76. The molecule has 0 saturated carbocycles. The molecule has 0 spiro atoms. The maximum absolute atomic E-state index is 6.55. The van der Waals surface area contributed by atoms with Crippen LogP contribution in [0.1, 0.15) is 312 Å². The van der Waals surface area contributed by atoms with Crippen LogP contribution in [0.3, 0.4) is 0 Å². The van der Waals surface area contributed by atoms with Gasteiger partial charge in [-0.1, -0.05) is 275 Å². The minimum absolute atomic E-state index is 0.107. The van der Waals surface area contributed by atoms with E-state index in [0.29, 0.717) is 10.8 Å². The Balaban J connectivity index is 0. The molecule has 3 aromatic rings. The van der Waals surface area contributed by atoms with Crippen LogP contribution in [0.5, 0.6) is 0 Å². The van der Waals surface area contributed by atoms with Crippen molar-refractivity contribution in [2.45, 2.75) is 346 Å². The second-order valence-corrected chi connectivity index (χ2v) is 47.6. The van der Waals surface area contributed by atoms with Gasteiger partial charge in [-0.15, -0.1) is 61.1 Å². The minimum atomic E-state index is -0.775. The van der Waals surface area contributed by atoms with Gasteiger partial charge in [-0.3, -0.25) is 0 Å². The number of hydrogen-bond donors (Lipinski definition) is 0. The number of alkyl halides is 3. The number of halogens is 3. The molecular formula is C85H147Cl3Si. The first-order valence-corrected chi connectivity index (χ1v) is 38.9. The molecule has 0 atom stereocenters. The Morgan fingerprint density at radius 3 is 0.685 bits per heavy atom. The van der Waals surface area contributed by atoms with Crippen molar-refractivity contribution in [3.05, 3.63) is 156 Å². The maximum atomic E-state index is 6.55. The molecule has 89 heavy (non-hydrogen) atoms. The van der Waals surface area contributed by atoms with E-state index in [4.69, 9.17) is 34.8 Å². The third-order valence-electron chi connectivity index (χ3n) is 16.9. The number of rotatable bonds is 27. The summed E-state index contributed by atoms with van der Waals surface area (Å²) in [5.41, 5.74) is 11.6. The SMILES string of the molecule is C=C(C)C.C=CCC(C)(C)CC(C)(C)CC(C)(C)c1ccc(C(C)(C)CC(C)(C)CC(C)(C)CC=C)cc1.C=CC[Si](C)(C)C.CC(C)(C)c1ccc(C(C)(C)Cl)cc1.CC(C)(Cl)CC(C)(C)CC(C)(C)c1ccc(C(C)(C)CC(C)(C)CC(C)(C)Cl)cc1. The average Bonchev–Trinajstić information content (AvgIpc) is 1.05. The lowest BCUT2D eigenvalue weighted by molar-refractivity contribution is 0.153. The van der Waals surface area contributed by atoms with E-state index in [0.717, 1.165) is 38.5 Å². The second-order valence-electron chi connectivity index (χ2n) is 39.1. The summed E-state index contributed by atoms with van der Waals surface area (Å²) in [7, 11) is -0.775. The van der Waals surface area contributed by atoms with Crippen molar-refractivity contribution < 1.29 is 0 Å². The molecule has 0 aliphatic heterocycles. The molecule has 3 rings (SSSR count). The van der Waals surface area contributed by atoms with Crippen LogP contribution in [0.15, 0.2) is 123 Å². The molecule has 0 aromatic heterocycles. The Hall–Kier alpha value is -2.29. The first kappa shape index (κ1) is 88.8. The quantitative estimate of drug-likeness (QED) is 0.0405. The number of allylic oxidation sites excluding steroid dienone is 4. The zero-order chi connectivity index (χ0) is 70.9. The van der Waals surface area contributed by atoms with Gasteiger partial charge >= 0.3 is 0 Å². The summed E-state index contributed by atoms with van der Waals surface area (Å²) in [6, 6.07) is 28.8. The molecule has 4 heteroatoms. The molecule has 0 saturated heterocycles. The lowest BCUT2D eigenvalue weighted by Crippen LogP contribution is -2.32. The Kier molecular flexibility index (Phi) is 33.8. The maximum Gasteiger partial charge on any atom is 0.0638 e. The van der Waals surface area contributed by atoms with E-state index in [1.54, 1.807) is 0 Å². The van der Waals surface area contributed by atoms with Gasteiger partial charge in [-0.2, -0.15) is 0 Å². The Morgan fingerprint density at radius 1 is 0.326 bits per heavy atom. The Morgan fingerprint density at radius 2 is 0.528 bits per heavy atom. The van der Waals surface area contributed by atoms with Crippen molar-refractivity contribution in [2.24, 2.45) is 32.5 Å². The van der Waals surface area contributed by atoms with Gasteiger partial charge in [0.15, 0.2) is 0 Å². The van der Waals surface area contributed by atoms with Gasteiger partial charge in [0.25, 0.3) is 0 Å². The third-order valence-corrected chi connectivity index (χ3v) is 18.9. The van der Waals surface area contributed by atoms with Gasteiger partial charge in [-0.25, -0.2) is 0 Å². The lowest BCUT2D eigenvalue weighted by Gasteiger charge is -2.41. The lowest BCUT2D eigenvalue weighted by atomic mass is 9.64. The molecule has 0 aliphatic rings. The molecule has 3 aromatic carbocycles. The summed E-state index contributed by atoms with van der Waals surface area (Å²) in [6.07, 6.45) is 17.3. The van der Waals surface area contributed by atoms with Crippen molar-refractivity contribution in [3.8, 4) is 0 Å². The molecule has 0 unspecified atom stereocenters. The molecule has 0 heterocycles. The summed E-state index contributed by atoms with van der Waals surface area (Å²) in [5.74, 6) is 0. The smallest absolute Gasteiger partial charge is 0.0638 e. The van der Waals surface area contributed by atoms with Gasteiger partial charge < -0.3 is 0 Å². The zero-order valence-electron chi connectivity index (χ0n) is 65.4. The summed E-state index contributed by atoms with van der Waals surface area (Å²) < 4.78 is 0. The predicted molar refractivity (Wildman–Crippen MR) is 417 cm³/mol. The Labute approximate surface area is 574 Å². The van der Waals surface area contributed by atoms with Crippen molar-refractivity contribution in [2.75, 3.05) is 0 Å². The fourth-order valence-corrected chi connectivity index (χ4v) is 17.5. The first-order chi connectivity index (χ1) is 39.2. The zero-order valence-corrected chi connectivity index (χ0v) is 68.7. The van der Waals surface area contributed by atoms with E-state index in [2.05, 4.69) is 318 Å². The van der Waals surface area contributed by atoms with Crippen LogP contribution < -0.4 is 0 Å². The summed E-state index contributed by atoms with van der Waals surface area (Å²) in [4.78, 5) is -0.605. The fraction of sp³-hybridized carbons (Fsp3) is 0.694. The molecular weight excluding hydrogens is 1160 g/mol. The van der Waals surface area contributed by atoms with Crippen LogP contribution in [-0.2, 0) is 31.9 Å². The van der Waals surface area contributed by atoms with E-state index in [1.165, 1.54) is 70.7 Å². The summed E-state index contributed by atoms with van der Waals surface area (Å²) >= 11 is 19.3. The van der Waals surface area contributed by atoms with E-state index >= 15 is 0 Å². The van der Waals surface area contributed by atoms with Crippen molar-refractivity contribution in [1.29, 1.82) is 0 Å². The van der Waals surface area contributed by atoms with Gasteiger partial charge in [0.05, 0.1) is 4.87 Å². The standard InChI is InChI=1S/C34H58.C28H48Cl2.C13H19Cl.C6H14Si.C4H8/c1-15-21-29(3,4)23-31(7,8)25-33(11,12)27-17-19-28(20-18-27)34(13,14)26-32(9,10)24-30(5,6)22-16-2;1-23(2,19-27(9,10)29)17-25(5,6)21-13-15-22(16-14-21)26(7,8)18-24(3,4)20-28(11,12)30;1-12(2,3)10-6-8-11(9-7-10)13(4,5)14;1-5-6-7(2,3)4;1-4(2)3/h15-20H,1-2,21-26H2,3-14H3;13-16H,17-20H2,1-12H3;6-9H,1-5H3;5H,1,6H2,2-4H3;1H2,2-3H3. The molecule has 0 nitrogen and oxygen atoms in total. The second kappa shape index (κ2) is 33.9. The van der Waals surface area contributed by atoms with Crippen LogP contribution in [0.4, 0.5) is 0 Å². The van der Waals surface area contributed by atoms with E-state index in [9.17, 15) is 0 Å². The van der Waals surface area contributed by atoms with Crippen molar-refractivity contribution >= 4 is 42.9 Å². The largest absolute Gasteiger partial charge is 0.120 e. The molecule has 0 aliphatic carbocycles. The fourth-order valence-electron chi connectivity index (χ4n) is 15.8. The van der Waals surface area contributed by atoms with Gasteiger partial charge in [-0.05, 0) is 219 Å². The van der Waals surface area contributed by atoms with Crippen LogP contribution in [0.25, 0.3) is 0 Å². The van der Waals surface area contributed by atoms with Crippen LogP contribution >= 0.6 is 34.8 Å². The first-order valence-electron chi connectivity index (χ1n) is 34.1. The predicted octanol–water partition coefficient (Wildman–Crippen LogP) is 29.5. The highest BCUT2D eigenvalue weighted by atomic mass is 35.5. The van der Waals surface area contributed by atoms with Gasteiger partial charge in [0, 0.05) is 17.8 Å². The third kappa shape index (κ3) is 39.2. The van der Waals surface area contributed by atoms with Crippen LogP contribution in [0, 0.1) is 32.5 Å². The molecule has 512 valence electrons. The Bertz CT molecular complexity index is 2380. The van der Waals surface area contributed by atoms with E-state index in [-0.39, 0.29) is 63.4 Å². The monoisotopic (exact) mass is 1300 g/mol. The van der Waals surface area contributed by atoms with Crippen LogP contribution in [-0.4, -0.2) is 17.8 Å². The van der Waals surface area contributed by atoms with Crippen LogP contribution in [0.2, 0.25) is 25.7 Å². The highest BCUT2D eigenvalue weighted by Crippen LogP contribution is 2.49. The van der Waals surface area contributed by atoms with Gasteiger partial charge in [0.2, 0.25) is 0 Å². The number of hydrogen-bond acceptors (Lipinski definition) is 0. The molecule has 0 radical (unpaired) electrons. The van der Waals surface area contributed by atoms with E-state index < -0.39 is 8.07 Å². The summed E-state index contributed by atoms with van der Waals surface area (Å²) in [5, 5.41) is 0.